The number of benzene rings is 1. The Morgan fingerprint density at radius 3 is 2.58 bits per heavy atom. The lowest BCUT2D eigenvalue weighted by Crippen LogP contribution is -2.17. The van der Waals surface area contributed by atoms with Crippen LogP contribution < -0.4 is 5.43 Å². The highest BCUT2D eigenvalue weighted by molar-refractivity contribution is 6.34. The highest BCUT2D eigenvalue weighted by Gasteiger charge is 2.11. The predicted molar refractivity (Wildman–Crippen MR) is 105 cm³/mol. The largest absolute Gasteiger partial charge is 0.318 e. The third-order valence-electron chi connectivity index (χ3n) is 3.87. The Morgan fingerprint density at radius 2 is 1.92 bits per heavy atom. The van der Waals surface area contributed by atoms with Crippen molar-refractivity contribution < 1.29 is 4.79 Å². The van der Waals surface area contributed by atoms with E-state index in [2.05, 4.69) is 15.5 Å². The Balaban J connectivity index is 1.83. The number of halogens is 2. The summed E-state index contributed by atoms with van der Waals surface area (Å²) >= 11 is 12.2. The number of carbonyl (C=O) groups is 1. The van der Waals surface area contributed by atoms with Crippen LogP contribution in [0.5, 0.6) is 0 Å². The first-order valence-electron chi connectivity index (χ1n) is 7.84. The maximum absolute atomic E-state index is 12.0. The number of amides is 1. The molecule has 7 heteroatoms. The van der Waals surface area contributed by atoms with Crippen molar-refractivity contribution in [3.63, 3.8) is 0 Å². The second-order valence-electron chi connectivity index (χ2n) is 5.73. The van der Waals surface area contributed by atoms with E-state index in [9.17, 15) is 4.79 Å². The summed E-state index contributed by atoms with van der Waals surface area (Å²) in [6, 6.07) is 10.7. The van der Waals surface area contributed by atoms with Gasteiger partial charge in [0.15, 0.2) is 0 Å². The Bertz CT molecular complexity index is 960. The number of pyridine rings is 1. The van der Waals surface area contributed by atoms with E-state index in [0.717, 1.165) is 22.6 Å². The molecular weight excluding hydrogens is 371 g/mol. The third-order valence-corrected chi connectivity index (χ3v) is 4.31. The van der Waals surface area contributed by atoms with Gasteiger partial charge in [-0.2, -0.15) is 5.10 Å². The molecule has 2 heterocycles. The van der Waals surface area contributed by atoms with Gasteiger partial charge in [0.2, 0.25) is 0 Å². The summed E-state index contributed by atoms with van der Waals surface area (Å²) in [5.74, 6) is -0.315. The standard InChI is InChI=1S/C19H16Cl2N4O/c1-12-6-15(11-23-24-19(26)14-4-3-5-22-10-14)13(2)25(12)18-8-16(20)7-17(21)9-18/h3-11H,1-2H3,(H,24,26). The van der Waals surface area contributed by atoms with Crippen LogP contribution in [0.15, 0.2) is 53.9 Å². The van der Waals surface area contributed by atoms with Crippen LogP contribution in [0.25, 0.3) is 5.69 Å². The number of carbonyl (C=O) groups excluding carboxylic acids is 1. The number of rotatable bonds is 4. The first kappa shape index (κ1) is 18.2. The van der Waals surface area contributed by atoms with E-state index >= 15 is 0 Å². The van der Waals surface area contributed by atoms with Crippen molar-refractivity contribution >= 4 is 35.3 Å². The summed E-state index contributed by atoms with van der Waals surface area (Å²) in [5.41, 5.74) is 6.66. The van der Waals surface area contributed by atoms with Crippen LogP contribution in [0.2, 0.25) is 10.0 Å². The van der Waals surface area contributed by atoms with Crippen molar-refractivity contribution in [3.8, 4) is 5.69 Å². The molecule has 3 rings (SSSR count). The highest BCUT2D eigenvalue weighted by Crippen LogP contribution is 2.25. The smallest absolute Gasteiger partial charge is 0.272 e. The monoisotopic (exact) mass is 386 g/mol. The Kier molecular flexibility index (Phi) is 5.40. The zero-order chi connectivity index (χ0) is 18.7. The molecule has 0 fully saturated rings. The molecule has 26 heavy (non-hydrogen) atoms. The summed E-state index contributed by atoms with van der Waals surface area (Å²) in [5, 5.41) is 5.18. The van der Waals surface area contributed by atoms with Crippen LogP contribution in [0.4, 0.5) is 0 Å². The van der Waals surface area contributed by atoms with Gasteiger partial charge in [0.25, 0.3) is 5.91 Å². The molecule has 0 unspecified atom stereocenters. The molecular formula is C19H16Cl2N4O. The number of hydrogen-bond acceptors (Lipinski definition) is 3. The molecule has 3 aromatic rings. The Hall–Kier alpha value is -2.63. The SMILES string of the molecule is Cc1cc(C=NNC(=O)c2cccnc2)c(C)n1-c1cc(Cl)cc(Cl)c1. The number of hydrazone groups is 1. The van der Waals surface area contributed by atoms with E-state index in [1.165, 1.54) is 6.20 Å². The minimum Gasteiger partial charge on any atom is -0.318 e. The molecule has 0 aliphatic heterocycles. The zero-order valence-corrected chi connectivity index (χ0v) is 15.7. The van der Waals surface area contributed by atoms with Gasteiger partial charge in [-0.1, -0.05) is 23.2 Å². The minimum atomic E-state index is -0.315. The molecule has 0 aliphatic rings. The molecule has 0 atom stereocenters. The van der Waals surface area contributed by atoms with Gasteiger partial charge in [-0.25, -0.2) is 5.43 Å². The number of hydrogen-bond donors (Lipinski definition) is 1. The maximum Gasteiger partial charge on any atom is 0.272 e. The lowest BCUT2D eigenvalue weighted by atomic mass is 10.2. The van der Waals surface area contributed by atoms with Gasteiger partial charge in [-0.3, -0.25) is 9.78 Å². The van der Waals surface area contributed by atoms with Gasteiger partial charge in [0.1, 0.15) is 0 Å². The predicted octanol–water partition coefficient (Wildman–Crippen LogP) is 4.56. The molecule has 2 aromatic heterocycles. The number of nitrogens with one attached hydrogen (secondary N) is 1. The maximum atomic E-state index is 12.0. The molecule has 132 valence electrons. The summed E-state index contributed by atoms with van der Waals surface area (Å²) < 4.78 is 2.03. The van der Waals surface area contributed by atoms with Crippen LogP contribution >= 0.6 is 23.2 Å². The molecule has 0 spiro atoms. The van der Waals surface area contributed by atoms with Crippen LogP contribution in [0, 0.1) is 13.8 Å². The van der Waals surface area contributed by atoms with Crippen molar-refractivity contribution in [1.29, 1.82) is 0 Å². The van der Waals surface area contributed by atoms with Crippen molar-refractivity contribution in [1.82, 2.24) is 15.0 Å². The fourth-order valence-corrected chi connectivity index (χ4v) is 3.22. The fourth-order valence-electron chi connectivity index (χ4n) is 2.71. The molecule has 1 aromatic carbocycles. The molecule has 0 bridgehead atoms. The molecule has 1 N–H and O–H groups in total. The second kappa shape index (κ2) is 7.72. The first-order valence-corrected chi connectivity index (χ1v) is 8.60. The van der Waals surface area contributed by atoms with Gasteiger partial charge < -0.3 is 4.57 Å². The second-order valence-corrected chi connectivity index (χ2v) is 6.60. The topological polar surface area (TPSA) is 59.3 Å². The first-order chi connectivity index (χ1) is 12.5. The summed E-state index contributed by atoms with van der Waals surface area (Å²) in [4.78, 5) is 15.9. The van der Waals surface area contributed by atoms with Crippen LogP contribution in [0.1, 0.15) is 27.3 Å². The van der Waals surface area contributed by atoms with Crippen LogP contribution in [-0.2, 0) is 0 Å². The van der Waals surface area contributed by atoms with E-state index in [0.29, 0.717) is 15.6 Å². The van der Waals surface area contributed by atoms with E-state index in [-0.39, 0.29) is 5.91 Å². The lowest BCUT2D eigenvalue weighted by molar-refractivity contribution is 0.0955. The average Bonchev–Trinajstić information content (AvgIpc) is 2.88. The Morgan fingerprint density at radius 1 is 1.19 bits per heavy atom. The van der Waals surface area contributed by atoms with Crippen LogP contribution in [0.3, 0.4) is 0 Å². The van der Waals surface area contributed by atoms with Gasteiger partial charge in [-0.15, -0.1) is 0 Å². The number of nitrogens with zero attached hydrogens (tertiary/aromatic N) is 3. The van der Waals surface area contributed by atoms with E-state index < -0.39 is 0 Å². The van der Waals surface area contributed by atoms with Crippen molar-refractivity contribution in [3.05, 3.63) is 81.4 Å². The quantitative estimate of drug-likeness (QED) is 0.527. The van der Waals surface area contributed by atoms with Gasteiger partial charge >= 0.3 is 0 Å². The molecule has 0 saturated heterocycles. The lowest BCUT2D eigenvalue weighted by Gasteiger charge is -2.10. The molecule has 0 aliphatic carbocycles. The Labute approximate surface area is 161 Å². The van der Waals surface area contributed by atoms with Gasteiger partial charge in [0.05, 0.1) is 11.8 Å². The summed E-state index contributed by atoms with van der Waals surface area (Å²) in [7, 11) is 0. The minimum absolute atomic E-state index is 0.315. The summed E-state index contributed by atoms with van der Waals surface area (Å²) in [6.45, 7) is 3.94. The summed E-state index contributed by atoms with van der Waals surface area (Å²) in [6.07, 6.45) is 4.70. The van der Waals surface area contributed by atoms with Crippen molar-refractivity contribution in [2.24, 2.45) is 5.10 Å². The highest BCUT2D eigenvalue weighted by atomic mass is 35.5. The third kappa shape index (κ3) is 3.95. The van der Waals surface area contributed by atoms with Gasteiger partial charge in [-0.05, 0) is 50.2 Å². The van der Waals surface area contributed by atoms with Crippen molar-refractivity contribution in [2.45, 2.75) is 13.8 Å². The molecule has 1 amide bonds. The number of aromatic nitrogens is 2. The molecule has 0 saturated carbocycles. The van der Waals surface area contributed by atoms with Gasteiger partial charge in [0, 0.05) is 45.1 Å². The average molecular weight is 387 g/mol. The van der Waals surface area contributed by atoms with Crippen molar-refractivity contribution in [2.75, 3.05) is 0 Å². The van der Waals surface area contributed by atoms with E-state index in [1.807, 2.05) is 36.6 Å². The normalized spacial score (nSPS) is 11.1. The zero-order valence-electron chi connectivity index (χ0n) is 14.2. The fraction of sp³-hybridized carbons (Fsp3) is 0.105. The number of aryl methyl sites for hydroxylation is 1. The van der Waals surface area contributed by atoms with E-state index in [4.69, 9.17) is 23.2 Å². The van der Waals surface area contributed by atoms with Crippen LogP contribution in [-0.4, -0.2) is 21.7 Å². The van der Waals surface area contributed by atoms with E-state index in [1.54, 1.807) is 30.6 Å². The molecule has 5 nitrogen and oxygen atoms in total. The molecule has 0 radical (unpaired) electrons.